The van der Waals surface area contributed by atoms with Crippen molar-refractivity contribution in [2.24, 2.45) is 5.73 Å². The van der Waals surface area contributed by atoms with E-state index in [4.69, 9.17) is 5.73 Å². The molecular formula is C9H22N4. The van der Waals surface area contributed by atoms with Gasteiger partial charge >= 0.3 is 0 Å². The predicted molar refractivity (Wildman–Crippen MR) is 57.9 cm³/mol. The molecule has 4 heteroatoms. The molecule has 0 aromatic rings. The van der Waals surface area contributed by atoms with Crippen molar-refractivity contribution in [1.82, 2.24) is 16.0 Å². The zero-order chi connectivity index (χ0) is 9.78. The summed E-state index contributed by atoms with van der Waals surface area (Å²) in [6, 6.07) is 0. The second-order valence-corrected chi connectivity index (χ2v) is 2.78. The molecule has 0 aliphatic rings. The Bertz CT molecular complexity index is 106. The summed E-state index contributed by atoms with van der Waals surface area (Å²) in [7, 11) is 0. The van der Waals surface area contributed by atoms with E-state index in [0.29, 0.717) is 6.54 Å². The van der Waals surface area contributed by atoms with Crippen molar-refractivity contribution < 1.29 is 0 Å². The molecule has 0 radical (unpaired) electrons. The third kappa shape index (κ3) is 11.6. The highest BCUT2D eigenvalue weighted by Crippen LogP contribution is 1.62. The van der Waals surface area contributed by atoms with Crippen molar-refractivity contribution in [3.8, 4) is 0 Å². The minimum absolute atomic E-state index is 0.709. The number of nitrogens with one attached hydrogen (secondary N) is 3. The molecule has 0 spiro atoms. The Balaban J connectivity index is 2.79. The van der Waals surface area contributed by atoms with Gasteiger partial charge in [0.1, 0.15) is 0 Å². The van der Waals surface area contributed by atoms with Gasteiger partial charge in [-0.3, -0.25) is 0 Å². The van der Waals surface area contributed by atoms with Gasteiger partial charge in [-0.2, -0.15) is 0 Å². The Hall–Kier alpha value is -0.420. The lowest BCUT2D eigenvalue weighted by atomic mass is 10.5. The molecule has 0 fully saturated rings. The van der Waals surface area contributed by atoms with Gasteiger partial charge in [0, 0.05) is 45.8 Å². The van der Waals surface area contributed by atoms with Crippen LogP contribution < -0.4 is 21.7 Å². The first kappa shape index (κ1) is 12.6. The van der Waals surface area contributed by atoms with Crippen LogP contribution in [0.25, 0.3) is 0 Å². The molecule has 0 aliphatic carbocycles. The highest BCUT2D eigenvalue weighted by atomic mass is 15.0. The average Bonchev–Trinajstić information content (AvgIpc) is 2.16. The molecule has 13 heavy (non-hydrogen) atoms. The molecule has 78 valence electrons. The molecule has 0 rings (SSSR count). The molecule has 5 N–H and O–H groups in total. The van der Waals surface area contributed by atoms with Gasteiger partial charge in [0.05, 0.1) is 0 Å². The van der Waals surface area contributed by atoms with Crippen LogP contribution in [-0.2, 0) is 0 Å². The standard InChI is InChI=1S/C9H22N4/c1-2-4-11-6-8-13-9-7-12-5-3-10/h2,11-13H,1,3-10H2. The molecule has 0 saturated heterocycles. The van der Waals surface area contributed by atoms with E-state index in [0.717, 1.165) is 39.3 Å². The summed E-state index contributed by atoms with van der Waals surface area (Å²) in [5, 5.41) is 9.73. The molecule has 4 nitrogen and oxygen atoms in total. The van der Waals surface area contributed by atoms with Gasteiger partial charge in [-0.05, 0) is 0 Å². The molecule has 0 bridgehead atoms. The topological polar surface area (TPSA) is 62.1 Å². The second kappa shape index (κ2) is 11.6. The Morgan fingerprint density at radius 3 is 2.00 bits per heavy atom. The highest BCUT2D eigenvalue weighted by molar-refractivity contribution is 4.69. The molecule has 0 aliphatic heterocycles. The first-order chi connectivity index (χ1) is 6.41. The maximum Gasteiger partial charge on any atom is 0.0132 e. The lowest BCUT2D eigenvalue weighted by molar-refractivity contribution is 0.595. The van der Waals surface area contributed by atoms with E-state index >= 15 is 0 Å². The van der Waals surface area contributed by atoms with Crippen molar-refractivity contribution in [2.75, 3.05) is 45.8 Å². The van der Waals surface area contributed by atoms with E-state index in [1.54, 1.807) is 0 Å². The summed E-state index contributed by atoms with van der Waals surface area (Å²) >= 11 is 0. The maximum absolute atomic E-state index is 5.32. The fraction of sp³-hybridized carbons (Fsp3) is 0.778. The van der Waals surface area contributed by atoms with Gasteiger partial charge in [0.25, 0.3) is 0 Å². The van der Waals surface area contributed by atoms with Crippen LogP contribution in [-0.4, -0.2) is 45.8 Å². The van der Waals surface area contributed by atoms with Gasteiger partial charge in [0.2, 0.25) is 0 Å². The molecule has 0 aromatic carbocycles. The lowest BCUT2D eigenvalue weighted by Gasteiger charge is -2.05. The van der Waals surface area contributed by atoms with Crippen molar-refractivity contribution in [3.63, 3.8) is 0 Å². The van der Waals surface area contributed by atoms with Gasteiger partial charge in [-0.1, -0.05) is 6.08 Å². The zero-order valence-electron chi connectivity index (χ0n) is 8.31. The number of hydrogen-bond donors (Lipinski definition) is 4. The number of hydrogen-bond acceptors (Lipinski definition) is 4. The van der Waals surface area contributed by atoms with E-state index in [1.165, 1.54) is 0 Å². The average molecular weight is 186 g/mol. The Morgan fingerprint density at radius 2 is 1.46 bits per heavy atom. The quantitative estimate of drug-likeness (QED) is 0.258. The van der Waals surface area contributed by atoms with Gasteiger partial charge in [0.15, 0.2) is 0 Å². The third-order valence-corrected chi connectivity index (χ3v) is 1.57. The fourth-order valence-corrected chi connectivity index (χ4v) is 0.910. The van der Waals surface area contributed by atoms with E-state index in [2.05, 4.69) is 22.5 Å². The van der Waals surface area contributed by atoms with E-state index in [1.807, 2.05) is 6.08 Å². The first-order valence-electron chi connectivity index (χ1n) is 4.85. The SMILES string of the molecule is C=CCNCCNCCNCCN. The fourth-order valence-electron chi connectivity index (χ4n) is 0.910. The molecule has 0 amide bonds. The molecule has 0 unspecified atom stereocenters. The van der Waals surface area contributed by atoms with Crippen molar-refractivity contribution in [2.45, 2.75) is 0 Å². The van der Waals surface area contributed by atoms with Crippen LogP contribution >= 0.6 is 0 Å². The number of rotatable bonds is 10. The van der Waals surface area contributed by atoms with E-state index < -0.39 is 0 Å². The lowest BCUT2D eigenvalue weighted by Crippen LogP contribution is -2.34. The largest absolute Gasteiger partial charge is 0.329 e. The second-order valence-electron chi connectivity index (χ2n) is 2.78. The monoisotopic (exact) mass is 186 g/mol. The van der Waals surface area contributed by atoms with Crippen LogP contribution in [0.4, 0.5) is 0 Å². The minimum Gasteiger partial charge on any atom is -0.329 e. The van der Waals surface area contributed by atoms with Gasteiger partial charge in [-0.15, -0.1) is 6.58 Å². The number of nitrogens with two attached hydrogens (primary N) is 1. The van der Waals surface area contributed by atoms with Crippen molar-refractivity contribution >= 4 is 0 Å². The summed E-state index contributed by atoms with van der Waals surface area (Å²) in [6.07, 6.45) is 1.86. The summed E-state index contributed by atoms with van der Waals surface area (Å²) in [4.78, 5) is 0. The van der Waals surface area contributed by atoms with Crippen LogP contribution in [0.1, 0.15) is 0 Å². The predicted octanol–water partition coefficient (Wildman–Crippen LogP) is -1.10. The van der Waals surface area contributed by atoms with Crippen LogP contribution in [0.2, 0.25) is 0 Å². The zero-order valence-corrected chi connectivity index (χ0v) is 8.31. The molecular weight excluding hydrogens is 164 g/mol. The van der Waals surface area contributed by atoms with Crippen molar-refractivity contribution in [3.05, 3.63) is 12.7 Å². The molecule has 0 saturated carbocycles. The third-order valence-electron chi connectivity index (χ3n) is 1.57. The highest BCUT2D eigenvalue weighted by Gasteiger charge is 1.86. The Labute approximate surface area is 81.0 Å². The molecule has 0 atom stereocenters. The first-order valence-corrected chi connectivity index (χ1v) is 4.85. The summed E-state index contributed by atoms with van der Waals surface area (Å²) in [5.74, 6) is 0. The van der Waals surface area contributed by atoms with Gasteiger partial charge < -0.3 is 21.7 Å². The van der Waals surface area contributed by atoms with Crippen molar-refractivity contribution in [1.29, 1.82) is 0 Å². The molecule has 0 aromatic heterocycles. The van der Waals surface area contributed by atoms with Gasteiger partial charge in [-0.25, -0.2) is 0 Å². The van der Waals surface area contributed by atoms with Crippen LogP contribution in [0.3, 0.4) is 0 Å². The maximum atomic E-state index is 5.32. The molecule has 0 heterocycles. The van der Waals surface area contributed by atoms with Crippen LogP contribution in [0, 0.1) is 0 Å². The van der Waals surface area contributed by atoms with E-state index in [9.17, 15) is 0 Å². The van der Waals surface area contributed by atoms with E-state index in [-0.39, 0.29) is 0 Å². The summed E-state index contributed by atoms with van der Waals surface area (Å²) < 4.78 is 0. The smallest absolute Gasteiger partial charge is 0.0132 e. The summed E-state index contributed by atoms with van der Waals surface area (Å²) in [6.45, 7) is 10.1. The Morgan fingerprint density at radius 1 is 0.923 bits per heavy atom. The van der Waals surface area contributed by atoms with Crippen LogP contribution in [0.15, 0.2) is 12.7 Å². The summed E-state index contributed by atoms with van der Waals surface area (Å²) in [5.41, 5.74) is 5.32. The minimum atomic E-state index is 0.709. The van der Waals surface area contributed by atoms with Crippen LogP contribution in [0.5, 0.6) is 0 Å². The normalized spacial score (nSPS) is 10.2. The Kier molecular flexibility index (Phi) is 11.2.